The van der Waals surface area contributed by atoms with Crippen LogP contribution in [0.5, 0.6) is 0 Å². The van der Waals surface area contributed by atoms with Crippen molar-refractivity contribution in [3.8, 4) is 5.82 Å². The van der Waals surface area contributed by atoms with E-state index in [0.29, 0.717) is 23.7 Å². The van der Waals surface area contributed by atoms with Gasteiger partial charge in [-0.1, -0.05) is 0 Å². The molecule has 0 saturated carbocycles. The fourth-order valence-electron chi connectivity index (χ4n) is 4.67. The zero-order chi connectivity index (χ0) is 17.6. The van der Waals surface area contributed by atoms with Gasteiger partial charge in [0.15, 0.2) is 0 Å². The number of likely N-dealkylation sites (tertiary alicyclic amines) is 1. The fraction of sp³-hybridized carbons (Fsp3) is 0.579. The average molecular weight is 341 g/mol. The molecule has 2 aromatic rings. The van der Waals surface area contributed by atoms with Crippen LogP contribution >= 0.6 is 0 Å². The van der Waals surface area contributed by atoms with Gasteiger partial charge in [0.05, 0.1) is 6.20 Å². The molecule has 2 bridgehead atoms. The highest BCUT2D eigenvalue weighted by molar-refractivity contribution is 5.97. The molecule has 0 N–H and O–H groups in total. The zero-order valence-corrected chi connectivity index (χ0v) is 15.3. The maximum absolute atomic E-state index is 13.3. The van der Waals surface area contributed by atoms with Crippen molar-refractivity contribution in [3.63, 3.8) is 0 Å². The van der Waals surface area contributed by atoms with Crippen molar-refractivity contribution < 1.29 is 4.79 Å². The van der Waals surface area contributed by atoms with Crippen LogP contribution in [0.25, 0.3) is 5.82 Å². The van der Waals surface area contributed by atoms with Crippen molar-refractivity contribution >= 4 is 5.91 Å². The Bertz CT molecular complexity index is 748. The Labute approximate surface area is 149 Å². The molecule has 0 radical (unpaired) electrons. The van der Waals surface area contributed by atoms with E-state index in [1.165, 1.54) is 12.8 Å². The highest BCUT2D eigenvalue weighted by Crippen LogP contribution is 2.32. The van der Waals surface area contributed by atoms with Crippen molar-refractivity contribution in [2.75, 3.05) is 13.1 Å². The van der Waals surface area contributed by atoms with Crippen molar-refractivity contribution in [2.45, 2.75) is 51.2 Å². The van der Waals surface area contributed by atoms with Crippen molar-refractivity contribution in [3.05, 3.63) is 36.3 Å². The minimum absolute atomic E-state index is 0.105. The molecule has 6 nitrogen and oxygen atoms in total. The molecule has 4 rings (SSSR count). The lowest BCUT2D eigenvalue weighted by molar-refractivity contribution is 0.0728. The van der Waals surface area contributed by atoms with Crippen LogP contribution in [0.1, 0.15) is 43.5 Å². The third-order valence-electron chi connectivity index (χ3n) is 5.71. The molecule has 1 amide bonds. The summed E-state index contributed by atoms with van der Waals surface area (Å²) < 4.78 is 3.74. The highest BCUT2D eigenvalue weighted by Gasteiger charge is 2.40. The summed E-state index contributed by atoms with van der Waals surface area (Å²) in [4.78, 5) is 17.9. The number of carbonyl (C=O) groups excluding carboxylic acids is 1. The van der Waals surface area contributed by atoms with Crippen molar-refractivity contribution in [2.24, 2.45) is 7.05 Å². The second-order valence-electron chi connectivity index (χ2n) is 7.56. The summed E-state index contributed by atoms with van der Waals surface area (Å²) >= 11 is 0. The van der Waals surface area contributed by atoms with Gasteiger partial charge in [-0.2, -0.15) is 5.10 Å². The Morgan fingerprint density at radius 1 is 1.16 bits per heavy atom. The predicted molar refractivity (Wildman–Crippen MR) is 96.8 cm³/mol. The number of aryl methyl sites for hydroxylation is 1. The lowest BCUT2D eigenvalue weighted by atomic mass is 10.1. The van der Waals surface area contributed by atoms with Crippen molar-refractivity contribution in [1.29, 1.82) is 0 Å². The summed E-state index contributed by atoms with van der Waals surface area (Å²) in [6.45, 7) is 6.21. The monoisotopic (exact) mass is 341 g/mol. The number of hydrogen-bond acceptors (Lipinski definition) is 3. The first-order valence-corrected chi connectivity index (χ1v) is 9.28. The first kappa shape index (κ1) is 16.4. The van der Waals surface area contributed by atoms with Crippen LogP contribution in [0.3, 0.4) is 0 Å². The molecule has 134 valence electrons. The van der Waals surface area contributed by atoms with Gasteiger partial charge in [0.1, 0.15) is 11.4 Å². The van der Waals surface area contributed by atoms with E-state index >= 15 is 0 Å². The van der Waals surface area contributed by atoms with Gasteiger partial charge in [-0.05, 0) is 45.2 Å². The van der Waals surface area contributed by atoms with Gasteiger partial charge in [0, 0.05) is 50.7 Å². The lowest BCUT2D eigenvalue weighted by Crippen LogP contribution is -2.44. The molecule has 6 heteroatoms. The van der Waals surface area contributed by atoms with E-state index in [-0.39, 0.29) is 5.91 Å². The summed E-state index contributed by atoms with van der Waals surface area (Å²) in [6, 6.07) is 5.59. The zero-order valence-electron chi connectivity index (χ0n) is 15.3. The van der Waals surface area contributed by atoms with Crippen LogP contribution in [-0.2, 0) is 7.05 Å². The summed E-state index contributed by atoms with van der Waals surface area (Å²) in [5.74, 6) is 0.943. The number of rotatable bonds is 3. The van der Waals surface area contributed by atoms with Crippen LogP contribution in [0, 0.1) is 0 Å². The van der Waals surface area contributed by atoms with E-state index in [1.807, 2.05) is 41.0 Å². The molecule has 2 saturated heterocycles. The fourth-order valence-corrected chi connectivity index (χ4v) is 4.67. The Hall–Kier alpha value is -2.08. The van der Waals surface area contributed by atoms with Gasteiger partial charge in [-0.15, -0.1) is 0 Å². The van der Waals surface area contributed by atoms with Crippen LogP contribution < -0.4 is 0 Å². The summed E-state index contributed by atoms with van der Waals surface area (Å²) in [5.41, 5.74) is 0.688. The van der Waals surface area contributed by atoms with Gasteiger partial charge >= 0.3 is 0 Å². The van der Waals surface area contributed by atoms with Gasteiger partial charge in [0.2, 0.25) is 0 Å². The van der Waals surface area contributed by atoms with E-state index in [2.05, 4.69) is 23.8 Å². The first-order valence-electron chi connectivity index (χ1n) is 9.28. The van der Waals surface area contributed by atoms with E-state index in [4.69, 9.17) is 0 Å². The largest absolute Gasteiger partial charge is 0.337 e. The summed E-state index contributed by atoms with van der Waals surface area (Å²) in [5, 5.41) is 4.34. The van der Waals surface area contributed by atoms with Crippen LogP contribution in [-0.4, -0.2) is 61.3 Å². The van der Waals surface area contributed by atoms with E-state index in [0.717, 1.165) is 25.3 Å². The van der Waals surface area contributed by atoms with E-state index in [1.54, 1.807) is 10.9 Å². The average Bonchev–Trinajstić information content (AvgIpc) is 3.25. The summed E-state index contributed by atoms with van der Waals surface area (Å²) in [6.07, 6.45) is 9.16. The van der Waals surface area contributed by atoms with Crippen molar-refractivity contribution in [1.82, 2.24) is 24.1 Å². The van der Waals surface area contributed by atoms with Gasteiger partial charge < -0.3 is 9.47 Å². The number of amides is 1. The van der Waals surface area contributed by atoms with E-state index < -0.39 is 0 Å². The SMILES string of the molecule is CC(C)N1C2CCC1CN(C(=O)c1cnn(C)c1-n1cccc1)CC2. The summed E-state index contributed by atoms with van der Waals surface area (Å²) in [7, 11) is 1.89. The number of nitrogens with zero attached hydrogens (tertiary/aromatic N) is 5. The highest BCUT2D eigenvalue weighted by atomic mass is 16.2. The Morgan fingerprint density at radius 3 is 2.60 bits per heavy atom. The third-order valence-corrected chi connectivity index (χ3v) is 5.71. The first-order chi connectivity index (χ1) is 12.1. The molecular weight excluding hydrogens is 314 g/mol. The molecule has 2 aliphatic heterocycles. The number of fused-ring (bicyclic) bond motifs is 2. The van der Waals surface area contributed by atoms with Crippen LogP contribution in [0.2, 0.25) is 0 Å². The molecule has 0 aliphatic carbocycles. The van der Waals surface area contributed by atoms with Crippen LogP contribution in [0.15, 0.2) is 30.7 Å². The standard InChI is InChI=1S/C19H27N5O/c1-14(2)24-15-6-7-16(24)13-23(11-8-15)19(25)17-12-20-21(3)18(17)22-9-4-5-10-22/h4-5,9-10,12,14-16H,6-8,11,13H2,1-3H3. The molecule has 2 unspecified atom stereocenters. The Morgan fingerprint density at radius 2 is 1.88 bits per heavy atom. The molecule has 0 aromatic carbocycles. The topological polar surface area (TPSA) is 46.3 Å². The molecule has 2 atom stereocenters. The Kier molecular flexibility index (Phi) is 4.15. The smallest absolute Gasteiger partial charge is 0.259 e. The predicted octanol–water partition coefficient (Wildman–Crippen LogP) is 2.30. The maximum atomic E-state index is 13.3. The number of carbonyl (C=O) groups is 1. The van der Waals surface area contributed by atoms with E-state index in [9.17, 15) is 4.79 Å². The molecule has 25 heavy (non-hydrogen) atoms. The van der Waals surface area contributed by atoms with Gasteiger partial charge in [-0.25, -0.2) is 0 Å². The van der Waals surface area contributed by atoms with Gasteiger partial charge in [-0.3, -0.25) is 14.4 Å². The maximum Gasteiger partial charge on any atom is 0.259 e. The lowest BCUT2D eigenvalue weighted by Gasteiger charge is -2.32. The van der Waals surface area contributed by atoms with Crippen LogP contribution in [0.4, 0.5) is 0 Å². The molecule has 0 spiro atoms. The number of aromatic nitrogens is 3. The molecular formula is C19H27N5O. The molecule has 2 aliphatic rings. The minimum Gasteiger partial charge on any atom is -0.337 e. The minimum atomic E-state index is 0.105. The second kappa shape index (κ2) is 6.33. The molecule has 2 aromatic heterocycles. The second-order valence-corrected chi connectivity index (χ2v) is 7.56. The quantitative estimate of drug-likeness (QED) is 0.861. The normalized spacial score (nSPS) is 24.1. The Balaban J connectivity index is 1.61. The number of hydrogen-bond donors (Lipinski definition) is 0. The van der Waals surface area contributed by atoms with Gasteiger partial charge in [0.25, 0.3) is 5.91 Å². The molecule has 4 heterocycles. The third kappa shape index (κ3) is 2.78. The molecule has 2 fully saturated rings.